The Labute approximate surface area is 245 Å². The molecular weight excluding hydrogens is 484 g/mol. The average molecular weight is 555 g/mol. The van der Waals surface area contributed by atoms with Crippen LogP contribution in [0.25, 0.3) is 0 Å². The molecule has 0 spiro atoms. The molecule has 0 aliphatic rings. The molecule has 0 aliphatic heterocycles. The van der Waals surface area contributed by atoms with E-state index in [2.05, 4.69) is 26.8 Å². The van der Waals surface area contributed by atoms with Crippen LogP contribution < -0.4 is 0 Å². The molecule has 4 heteroatoms. The summed E-state index contributed by atoms with van der Waals surface area (Å²) < 4.78 is 23.4. The summed E-state index contributed by atoms with van der Waals surface area (Å²) >= 11 is 0. The van der Waals surface area contributed by atoms with Gasteiger partial charge >= 0.3 is 0 Å². The fraction of sp³-hybridized carbons (Fsp3) is 0.943. The van der Waals surface area contributed by atoms with Gasteiger partial charge in [0.2, 0.25) is 0 Å². The molecule has 0 N–H and O–H groups in total. The van der Waals surface area contributed by atoms with Crippen LogP contribution in [0.5, 0.6) is 0 Å². The molecule has 0 rings (SSSR count). The molecule has 39 heavy (non-hydrogen) atoms. The highest BCUT2D eigenvalue weighted by Crippen LogP contribution is 2.14. The molecule has 0 amide bonds. The highest BCUT2D eigenvalue weighted by Gasteiger charge is 2.09. The predicted octanol–water partition coefficient (Wildman–Crippen LogP) is 11.7. The third kappa shape index (κ3) is 33.5. The highest BCUT2D eigenvalue weighted by atomic mass is 16.7. The topological polar surface area (TPSA) is 36.9 Å². The van der Waals surface area contributed by atoms with Crippen molar-refractivity contribution in [3.63, 3.8) is 0 Å². The first kappa shape index (κ1) is 38.4. The Kier molecular flexibility index (Phi) is 34.9. The molecule has 0 aromatic rings. The lowest BCUT2D eigenvalue weighted by Gasteiger charge is -2.19. The van der Waals surface area contributed by atoms with E-state index in [0.717, 1.165) is 64.8 Å². The van der Waals surface area contributed by atoms with Crippen LogP contribution in [-0.4, -0.2) is 32.9 Å². The second kappa shape index (κ2) is 35.4. The van der Waals surface area contributed by atoms with Gasteiger partial charge in [-0.1, -0.05) is 136 Å². The quantitative estimate of drug-likeness (QED) is 0.0450. The summed E-state index contributed by atoms with van der Waals surface area (Å²) in [6, 6.07) is 0. The van der Waals surface area contributed by atoms with Crippen LogP contribution in [0.4, 0.5) is 0 Å². The van der Waals surface area contributed by atoms with Crippen LogP contribution >= 0.6 is 0 Å². The number of allylic oxidation sites excluding steroid dienone is 1. The third-order valence-corrected chi connectivity index (χ3v) is 7.40. The Bertz CT molecular complexity index is 434. The van der Waals surface area contributed by atoms with Crippen molar-refractivity contribution in [1.82, 2.24) is 0 Å². The van der Waals surface area contributed by atoms with Gasteiger partial charge in [-0.2, -0.15) is 0 Å². The van der Waals surface area contributed by atoms with Crippen molar-refractivity contribution in [2.24, 2.45) is 0 Å². The van der Waals surface area contributed by atoms with Crippen molar-refractivity contribution < 1.29 is 18.9 Å². The summed E-state index contributed by atoms with van der Waals surface area (Å²) in [6.45, 7) is 9.66. The van der Waals surface area contributed by atoms with E-state index in [-0.39, 0.29) is 6.29 Å². The summed E-state index contributed by atoms with van der Waals surface area (Å²) in [7, 11) is 0. The number of hydrogen-bond acceptors (Lipinski definition) is 4. The number of rotatable bonds is 34. The Hall–Kier alpha value is -0.580. The van der Waals surface area contributed by atoms with Gasteiger partial charge in [0.15, 0.2) is 13.1 Å². The molecule has 0 fully saturated rings. The first-order valence-electron chi connectivity index (χ1n) is 17.4. The highest BCUT2D eigenvalue weighted by molar-refractivity contribution is 4.73. The first-order chi connectivity index (χ1) is 19.3. The minimum atomic E-state index is -0.0366. The fourth-order valence-electron chi connectivity index (χ4n) is 4.78. The standard InChI is InChI=1S/C35H70O4/c1-4-7-10-13-16-20-25-30-36-34-37-31-26-23-19-24-29-35(38-32-27-21-17-14-11-8-5-2)39-33-28-22-18-15-12-9-6-3/h26,31,35H,4-25,27-30,32-34H2,1-3H3. The lowest BCUT2D eigenvalue weighted by molar-refractivity contribution is -0.148. The van der Waals surface area contributed by atoms with Crippen molar-refractivity contribution in [1.29, 1.82) is 0 Å². The Morgan fingerprint density at radius 1 is 0.462 bits per heavy atom. The molecule has 0 radical (unpaired) electrons. The van der Waals surface area contributed by atoms with Gasteiger partial charge in [-0.25, -0.2) is 0 Å². The number of ether oxygens (including phenoxy) is 4. The molecule has 4 nitrogen and oxygen atoms in total. The van der Waals surface area contributed by atoms with Crippen LogP contribution in [-0.2, 0) is 18.9 Å². The third-order valence-electron chi connectivity index (χ3n) is 7.40. The van der Waals surface area contributed by atoms with E-state index in [1.54, 1.807) is 6.26 Å². The maximum atomic E-state index is 6.17. The zero-order chi connectivity index (χ0) is 28.3. The summed E-state index contributed by atoms with van der Waals surface area (Å²) in [4.78, 5) is 0. The maximum absolute atomic E-state index is 6.17. The van der Waals surface area contributed by atoms with Gasteiger partial charge < -0.3 is 18.9 Å². The molecular formula is C35H70O4. The monoisotopic (exact) mass is 555 g/mol. The Balaban J connectivity index is 3.83. The molecule has 0 saturated heterocycles. The Morgan fingerprint density at radius 2 is 0.897 bits per heavy atom. The largest absolute Gasteiger partial charge is 0.475 e. The summed E-state index contributed by atoms with van der Waals surface area (Å²) in [6.07, 6.45) is 35.8. The zero-order valence-corrected chi connectivity index (χ0v) is 26.9. The minimum absolute atomic E-state index is 0.0366. The summed E-state index contributed by atoms with van der Waals surface area (Å²) in [5.41, 5.74) is 0. The smallest absolute Gasteiger partial charge is 0.188 e. The second-order valence-electron chi connectivity index (χ2n) is 11.4. The van der Waals surface area contributed by atoms with Gasteiger partial charge in [0.25, 0.3) is 0 Å². The summed E-state index contributed by atoms with van der Waals surface area (Å²) in [5, 5.41) is 0. The first-order valence-corrected chi connectivity index (χ1v) is 17.4. The lowest BCUT2D eigenvalue weighted by Crippen LogP contribution is -2.19. The van der Waals surface area contributed by atoms with Crippen molar-refractivity contribution in [2.45, 2.75) is 188 Å². The molecule has 0 aliphatic carbocycles. The fourth-order valence-corrected chi connectivity index (χ4v) is 4.78. The zero-order valence-electron chi connectivity index (χ0n) is 26.9. The van der Waals surface area contributed by atoms with Gasteiger partial charge in [-0.3, -0.25) is 0 Å². The van der Waals surface area contributed by atoms with Crippen LogP contribution in [0, 0.1) is 0 Å². The van der Waals surface area contributed by atoms with Gasteiger partial charge in [0, 0.05) is 13.2 Å². The average Bonchev–Trinajstić information content (AvgIpc) is 2.95. The van der Waals surface area contributed by atoms with Crippen molar-refractivity contribution in [3.05, 3.63) is 12.3 Å². The molecule has 0 aromatic carbocycles. The van der Waals surface area contributed by atoms with Gasteiger partial charge in [-0.05, 0) is 51.0 Å². The molecule has 0 atom stereocenters. The van der Waals surface area contributed by atoms with E-state index in [4.69, 9.17) is 18.9 Å². The number of unbranched alkanes of at least 4 members (excludes halogenated alkanes) is 20. The molecule has 0 unspecified atom stereocenters. The van der Waals surface area contributed by atoms with Crippen LogP contribution in [0.15, 0.2) is 12.3 Å². The second-order valence-corrected chi connectivity index (χ2v) is 11.4. The van der Waals surface area contributed by atoms with Crippen molar-refractivity contribution in [3.8, 4) is 0 Å². The van der Waals surface area contributed by atoms with E-state index in [1.807, 2.05) is 0 Å². The minimum Gasteiger partial charge on any atom is -0.475 e. The lowest BCUT2D eigenvalue weighted by atomic mass is 10.1. The van der Waals surface area contributed by atoms with E-state index in [1.165, 1.54) is 116 Å². The molecule has 0 heterocycles. The molecule has 234 valence electrons. The maximum Gasteiger partial charge on any atom is 0.188 e. The van der Waals surface area contributed by atoms with Crippen LogP contribution in [0.2, 0.25) is 0 Å². The predicted molar refractivity (Wildman–Crippen MR) is 169 cm³/mol. The van der Waals surface area contributed by atoms with E-state index in [0.29, 0.717) is 6.79 Å². The van der Waals surface area contributed by atoms with E-state index in [9.17, 15) is 0 Å². The SMILES string of the molecule is CCCCCCCCCOCOC=CCCCCC(OCCCCCCCCC)OCCCCCCCCC. The normalized spacial score (nSPS) is 11.8. The molecule has 0 bridgehead atoms. The van der Waals surface area contributed by atoms with Crippen LogP contribution in [0.3, 0.4) is 0 Å². The summed E-state index contributed by atoms with van der Waals surface area (Å²) in [5.74, 6) is 0. The molecule has 0 saturated carbocycles. The van der Waals surface area contributed by atoms with E-state index >= 15 is 0 Å². The van der Waals surface area contributed by atoms with Crippen molar-refractivity contribution in [2.75, 3.05) is 26.6 Å². The van der Waals surface area contributed by atoms with Gasteiger partial charge in [0.05, 0.1) is 12.9 Å². The van der Waals surface area contributed by atoms with Crippen LogP contribution in [0.1, 0.15) is 181 Å². The Morgan fingerprint density at radius 3 is 1.38 bits per heavy atom. The van der Waals surface area contributed by atoms with Gasteiger partial charge in [-0.15, -0.1) is 0 Å². The van der Waals surface area contributed by atoms with Crippen molar-refractivity contribution >= 4 is 0 Å². The molecule has 0 aromatic heterocycles. The van der Waals surface area contributed by atoms with E-state index < -0.39 is 0 Å². The van der Waals surface area contributed by atoms with Gasteiger partial charge in [0.1, 0.15) is 0 Å². The number of hydrogen-bond donors (Lipinski definition) is 0.